The summed E-state index contributed by atoms with van der Waals surface area (Å²) in [4.78, 5) is 5.40. The highest BCUT2D eigenvalue weighted by atomic mass is 32.1. The van der Waals surface area contributed by atoms with Gasteiger partial charge in [0, 0.05) is 53.1 Å². The Bertz CT molecular complexity index is 3760. The van der Waals surface area contributed by atoms with Gasteiger partial charge < -0.3 is 9.80 Å². The topological polar surface area (TPSA) is 6.48 Å². The van der Waals surface area contributed by atoms with Gasteiger partial charge in [-0.25, -0.2) is 0 Å². The summed E-state index contributed by atoms with van der Waals surface area (Å²) >= 11 is 5.65. The summed E-state index contributed by atoms with van der Waals surface area (Å²) in [5.41, 5.74) is 24.8. The molecule has 0 saturated carbocycles. The molecule has 10 aromatic rings. The van der Waals surface area contributed by atoms with Crippen molar-refractivity contribution in [3.05, 3.63) is 171 Å². The normalized spacial score (nSPS) is 13.7. The quantitative estimate of drug-likeness (QED) is 0.162. The highest BCUT2D eigenvalue weighted by molar-refractivity contribution is 7.26. The number of hydrogen-bond donors (Lipinski definition) is 0. The fourth-order valence-corrected chi connectivity index (χ4v) is 14.8. The van der Waals surface area contributed by atoms with Crippen molar-refractivity contribution in [3.63, 3.8) is 0 Å². The van der Waals surface area contributed by atoms with Gasteiger partial charge in [-0.3, -0.25) is 0 Å². The molecule has 5 heterocycles. The zero-order chi connectivity index (χ0) is 48.9. The minimum atomic E-state index is -0.133. The Kier molecular flexibility index (Phi) is 10.2. The van der Waals surface area contributed by atoms with E-state index in [4.69, 9.17) is 0 Å². The summed E-state index contributed by atoms with van der Waals surface area (Å²) in [6.45, 7) is 30.6. The Balaban J connectivity index is 1.21. The van der Waals surface area contributed by atoms with Gasteiger partial charge in [-0.15, -0.1) is 34.0 Å². The summed E-state index contributed by atoms with van der Waals surface area (Å²) in [5, 5.41) is 10.0. The fraction of sp³-hybridized carbons (Fsp3) is 0.250. The number of thiophene rings is 3. The van der Waals surface area contributed by atoms with E-state index >= 15 is 0 Å². The maximum absolute atomic E-state index is 2.71. The van der Waals surface area contributed by atoms with Gasteiger partial charge in [-0.05, 0) is 175 Å². The van der Waals surface area contributed by atoms with Crippen molar-refractivity contribution in [2.75, 3.05) is 9.80 Å². The van der Waals surface area contributed by atoms with Crippen LogP contribution in [0.1, 0.15) is 101 Å². The minimum Gasteiger partial charge on any atom is -0.311 e. The van der Waals surface area contributed by atoms with Crippen molar-refractivity contribution in [2.24, 2.45) is 0 Å². The maximum Gasteiger partial charge on any atom is 0.254 e. The van der Waals surface area contributed by atoms with Crippen LogP contribution in [0.15, 0.2) is 132 Å². The lowest BCUT2D eigenvalue weighted by Crippen LogP contribution is -2.61. The van der Waals surface area contributed by atoms with Crippen molar-refractivity contribution in [3.8, 4) is 22.3 Å². The molecule has 70 heavy (non-hydrogen) atoms. The Morgan fingerprint density at radius 3 is 1.51 bits per heavy atom. The molecule has 2 nitrogen and oxygen atoms in total. The highest BCUT2D eigenvalue weighted by Crippen LogP contribution is 2.53. The second-order valence-electron chi connectivity index (χ2n) is 23.3. The summed E-state index contributed by atoms with van der Waals surface area (Å²) in [5.74, 6) is 0. The van der Waals surface area contributed by atoms with Crippen molar-refractivity contribution in [1.29, 1.82) is 0 Å². The average Bonchev–Trinajstić information content (AvgIpc) is 4.04. The third-order valence-electron chi connectivity index (χ3n) is 15.3. The first-order valence-corrected chi connectivity index (χ1v) is 27.5. The number of anilines is 6. The van der Waals surface area contributed by atoms with E-state index in [1.54, 1.807) is 0 Å². The van der Waals surface area contributed by atoms with Crippen LogP contribution >= 0.6 is 34.0 Å². The molecule has 0 bridgehead atoms. The van der Waals surface area contributed by atoms with Crippen LogP contribution in [-0.4, -0.2) is 6.71 Å². The summed E-state index contributed by atoms with van der Waals surface area (Å²) in [6.07, 6.45) is 0. The molecule has 2 aliphatic rings. The standard InChI is InChI=1S/C64H61BN2S3/c1-36-26-41(49-35-69-55-21-17-15-19-46(49)55)27-37(2)60(36)67-53-33-44(64(11,12)13)32-52-58(53)65(57-47-31-42(62(5,6)7)23-25-56(47)70-61(57)67)50-24-22-40(48-34-68-54-20-16-14-18-45(48)54)30-51(50)66(52)59-38(3)28-43(29-39(59)4)63(8,9)10/h14-35H,1-13H3. The molecule has 0 radical (unpaired) electrons. The molecular formula is C64H61BN2S3. The van der Waals surface area contributed by atoms with E-state index in [1.165, 1.54) is 141 Å². The number of benzene rings is 7. The van der Waals surface area contributed by atoms with E-state index in [0.29, 0.717) is 0 Å². The monoisotopic (exact) mass is 964 g/mol. The van der Waals surface area contributed by atoms with Crippen LogP contribution in [0.4, 0.5) is 33.4 Å². The van der Waals surface area contributed by atoms with E-state index in [0.717, 1.165) is 0 Å². The zero-order valence-corrected chi connectivity index (χ0v) is 45.3. The molecule has 3 aromatic heterocycles. The first-order chi connectivity index (χ1) is 33.3. The molecule has 12 rings (SSSR count). The Morgan fingerprint density at radius 1 is 0.414 bits per heavy atom. The third kappa shape index (κ3) is 6.99. The second kappa shape index (κ2) is 15.8. The molecule has 0 amide bonds. The number of aryl methyl sites for hydroxylation is 4. The van der Waals surface area contributed by atoms with Crippen molar-refractivity contribution in [2.45, 2.75) is 106 Å². The van der Waals surface area contributed by atoms with E-state index < -0.39 is 0 Å². The second-order valence-corrected chi connectivity index (χ2v) is 26.1. The predicted molar refractivity (Wildman–Crippen MR) is 313 cm³/mol. The summed E-state index contributed by atoms with van der Waals surface area (Å²) in [7, 11) is 0. The van der Waals surface area contributed by atoms with E-state index in [-0.39, 0.29) is 23.0 Å². The van der Waals surface area contributed by atoms with Crippen molar-refractivity contribution < 1.29 is 0 Å². The van der Waals surface area contributed by atoms with Crippen LogP contribution in [0.25, 0.3) is 52.5 Å². The van der Waals surface area contributed by atoms with Crippen LogP contribution < -0.4 is 26.2 Å². The van der Waals surface area contributed by atoms with Gasteiger partial charge >= 0.3 is 0 Å². The maximum atomic E-state index is 2.71. The SMILES string of the molecule is Cc1cc(C(C)(C)C)cc(C)c1N1c2cc(-c3csc4ccccc34)ccc2B2c3c1cc(C(C)(C)C)cc3N(c1c(C)cc(-c3csc4ccccc34)cc1C)c1sc3ccc(C(C)(C)C)cc3c12. The zero-order valence-electron chi connectivity index (χ0n) is 42.9. The molecule has 0 spiro atoms. The number of rotatable bonds is 4. The molecule has 0 aliphatic carbocycles. The van der Waals surface area contributed by atoms with Gasteiger partial charge in [0.25, 0.3) is 6.71 Å². The Hall–Kier alpha value is -5.92. The van der Waals surface area contributed by atoms with Crippen LogP contribution in [-0.2, 0) is 16.2 Å². The van der Waals surface area contributed by atoms with Gasteiger partial charge in [-0.1, -0.05) is 135 Å². The Morgan fingerprint density at radius 2 is 0.929 bits per heavy atom. The van der Waals surface area contributed by atoms with Gasteiger partial charge in [0.1, 0.15) is 0 Å². The molecule has 0 fully saturated rings. The average molecular weight is 965 g/mol. The van der Waals surface area contributed by atoms with Gasteiger partial charge in [0.2, 0.25) is 0 Å². The fourth-order valence-electron chi connectivity index (χ4n) is 11.7. The lowest BCUT2D eigenvalue weighted by Gasteiger charge is -2.45. The molecule has 0 atom stereocenters. The molecule has 0 saturated heterocycles. The molecule has 0 N–H and O–H groups in total. The molecule has 348 valence electrons. The van der Waals surface area contributed by atoms with Crippen LogP contribution in [0.5, 0.6) is 0 Å². The van der Waals surface area contributed by atoms with Crippen LogP contribution in [0.2, 0.25) is 0 Å². The van der Waals surface area contributed by atoms with Crippen LogP contribution in [0.3, 0.4) is 0 Å². The summed E-state index contributed by atoms with van der Waals surface area (Å²) < 4.78 is 3.98. The minimum absolute atomic E-state index is 0.000252. The first kappa shape index (κ1) is 45.2. The van der Waals surface area contributed by atoms with E-state index in [9.17, 15) is 0 Å². The number of fused-ring (bicyclic) bond motifs is 8. The molecule has 7 aromatic carbocycles. The molecule has 6 heteroatoms. The smallest absolute Gasteiger partial charge is 0.254 e. The lowest BCUT2D eigenvalue weighted by atomic mass is 9.33. The molecular weight excluding hydrogens is 904 g/mol. The number of nitrogens with zero attached hydrogens (tertiary/aromatic N) is 2. The molecule has 0 unspecified atom stereocenters. The van der Waals surface area contributed by atoms with Gasteiger partial charge in [0.05, 0.1) is 16.4 Å². The summed E-state index contributed by atoms with van der Waals surface area (Å²) in [6, 6.07) is 47.5. The first-order valence-electron chi connectivity index (χ1n) is 24.9. The third-order valence-corrected chi connectivity index (χ3v) is 18.4. The van der Waals surface area contributed by atoms with Gasteiger partial charge in [0.15, 0.2) is 0 Å². The lowest BCUT2D eigenvalue weighted by molar-refractivity contribution is 0.589. The van der Waals surface area contributed by atoms with Crippen molar-refractivity contribution >= 4 is 121 Å². The molecule has 2 aliphatic heterocycles. The largest absolute Gasteiger partial charge is 0.311 e. The predicted octanol–water partition coefficient (Wildman–Crippen LogP) is 17.9. The van der Waals surface area contributed by atoms with E-state index in [1.807, 2.05) is 34.0 Å². The Labute approximate surface area is 427 Å². The highest BCUT2D eigenvalue weighted by Gasteiger charge is 2.47. The number of hydrogen-bond acceptors (Lipinski definition) is 5. The van der Waals surface area contributed by atoms with Crippen molar-refractivity contribution in [1.82, 2.24) is 0 Å². The van der Waals surface area contributed by atoms with Crippen LogP contribution in [0, 0.1) is 27.7 Å². The van der Waals surface area contributed by atoms with Gasteiger partial charge in [-0.2, -0.15) is 0 Å². The van der Waals surface area contributed by atoms with E-state index in [2.05, 4.69) is 232 Å².